The van der Waals surface area contributed by atoms with Gasteiger partial charge in [-0.2, -0.15) is 10.1 Å². The minimum absolute atomic E-state index is 0.0761. The van der Waals surface area contributed by atoms with Crippen molar-refractivity contribution in [2.24, 2.45) is 0 Å². The number of halogens is 2. The van der Waals surface area contributed by atoms with Crippen LogP contribution in [0.4, 0.5) is 5.82 Å². The number of anilines is 1. The van der Waals surface area contributed by atoms with Crippen molar-refractivity contribution in [2.45, 2.75) is 26.1 Å². The maximum absolute atomic E-state index is 12.1. The van der Waals surface area contributed by atoms with Crippen LogP contribution >= 0.6 is 27.5 Å². The number of pyridine rings is 1. The summed E-state index contributed by atoms with van der Waals surface area (Å²) in [4.78, 5) is 20.3. The monoisotopic (exact) mass is 488 g/mol. The number of aryl methyl sites for hydroxylation is 2. The Labute approximate surface area is 185 Å². The molecule has 3 aromatic heterocycles. The maximum Gasteiger partial charge on any atom is 0.250 e. The van der Waals surface area contributed by atoms with Crippen molar-refractivity contribution in [3.63, 3.8) is 0 Å². The number of aliphatic hydroxyl groups is 1. The fraction of sp³-hybridized carbons (Fsp3) is 0.200. The Hall–Kier alpha value is -2.75. The van der Waals surface area contributed by atoms with Crippen LogP contribution in [0.5, 0.6) is 0 Å². The molecule has 0 aliphatic carbocycles. The molecule has 154 valence electrons. The molecule has 0 bridgehead atoms. The average Bonchev–Trinajstić information content (AvgIpc) is 3.10. The summed E-state index contributed by atoms with van der Waals surface area (Å²) in [6.45, 7) is 0.881. The summed E-state index contributed by atoms with van der Waals surface area (Å²) >= 11 is 9.50. The van der Waals surface area contributed by atoms with Gasteiger partial charge in [-0.25, -0.2) is 9.67 Å². The summed E-state index contributed by atoms with van der Waals surface area (Å²) < 4.78 is 4.25. The van der Waals surface area contributed by atoms with E-state index in [0.29, 0.717) is 41.9 Å². The zero-order valence-electron chi connectivity index (χ0n) is 15.8. The Kier molecular flexibility index (Phi) is 5.85. The highest BCUT2D eigenvalue weighted by Crippen LogP contribution is 2.22. The van der Waals surface area contributed by atoms with Crippen LogP contribution in [0.3, 0.4) is 0 Å². The molecule has 0 saturated heterocycles. The number of rotatable bonds is 6. The Morgan fingerprint density at radius 2 is 1.93 bits per heavy atom. The van der Waals surface area contributed by atoms with Gasteiger partial charge in [0.1, 0.15) is 5.82 Å². The zero-order valence-corrected chi connectivity index (χ0v) is 18.1. The second-order valence-corrected chi connectivity index (χ2v) is 8.12. The molecule has 1 aromatic carbocycles. The van der Waals surface area contributed by atoms with Gasteiger partial charge < -0.3 is 15.4 Å². The first-order valence-electron chi connectivity index (χ1n) is 9.16. The molecule has 3 N–H and O–H groups in total. The third-order valence-electron chi connectivity index (χ3n) is 4.72. The SMILES string of the molecule is Nc1nc(Cl)nc2c1cnn2Cc1cc(Br)cc(CCn2cc(CO)ccc2=O)c1. The molecule has 30 heavy (non-hydrogen) atoms. The van der Waals surface area contributed by atoms with Gasteiger partial charge in [-0.1, -0.05) is 22.0 Å². The van der Waals surface area contributed by atoms with Gasteiger partial charge in [-0.05, 0) is 52.9 Å². The van der Waals surface area contributed by atoms with Gasteiger partial charge in [0.05, 0.1) is 24.7 Å². The molecular formula is C20H18BrClN6O2. The van der Waals surface area contributed by atoms with E-state index in [0.717, 1.165) is 15.6 Å². The molecule has 0 spiro atoms. The van der Waals surface area contributed by atoms with Crippen LogP contribution in [0.1, 0.15) is 16.7 Å². The topological polar surface area (TPSA) is 112 Å². The van der Waals surface area contributed by atoms with Crippen molar-refractivity contribution >= 4 is 44.4 Å². The van der Waals surface area contributed by atoms with E-state index < -0.39 is 0 Å². The van der Waals surface area contributed by atoms with Gasteiger partial charge in [0.2, 0.25) is 5.28 Å². The van der Waals surface area contributed by atoms with E-state index in [1.165, 1.54) is 6.07 Å². The molecule has 3 heterocycles. The van der Waals surface area contributed by atoms with E-state index in [-0.39, 0.29) is 17.4 Å². The molecular weight excluding hydrogens is 472 g/mol. The largest absolute Gasteiger partial charge is 0.392 e. The molecule has 0 atom stereocenters. The first kappa shape index (κ1) is 20.5. The first-order valence-corrected chi connectivity index (χ1v) is 10.3. The molecule has 10 heteroatoms. The van der Waals surface area contributed by atoms with Crippen LogP contribution in [0.2, 0.25) is 5.28 Å². The van der Waals surface area contributed by atoms with Crippen molar-refractivity contribution < 1.29 is 5.11 Å². The normalized spacial score (nSPS) is 11.3. The van der Waals surface area contributed by atoms with E-state index in [9.17, 15) is 9.90 Å². The fourth-order valence-corrected chi connectivity index (χ4v) is 4.05. The number of fused-ring (bicyclic) bond motifs is 1. The molecule has 0 saturated carbocycles. The number of aliphatic hydroxyl groups excluding tert-OH is 1. The van der Waals surface area contributed by atoms with Crippen LogP contribution in [-0.4, -0.2) is 29.4 Å². The number of nitrogens with two attached hydrogens (primary N) is 1. The van der Waals surface area contributed by atoms with E-state index in [4.69, 9.17) is 17.3 Å². The number of hydrogen-bond donors (Lipinski definition) is 2. The third-order valence-corrected chi connectivity index (χ3v) is 5.34. The van der Waals surface area contributed by atoms with Crippen LogP contribution < -0.4 is 11.3 Å². The molecule has 0 amide bonds. The molecule has 0 aliphatic rings. The minimum Gasteiger partial charge on any atom is -0.392 e. The summed E-state index contributed by atoms with van der Waals surface area (Å²) in [5.74, 6) is 0.293. The van der Waals surface area contributed by atoms with Gasteiger partial charge in [-0.15, -0.1) is 0 Å². The zero-order chi connectivity index (χ0) is 21.3. The number of hydrogen-bond acceptors (Lipinski definition) is 6. The van der Waals surface area contributed by atoms with Crippen molar-refractivity contribution in [2.75, 3.05) is 5.73 Å². The minimum atomic E-state index is -0.1000. The van der Waals surface area contributed by atoms with Gasteiger partial charge in [0, 0.05) is 23.3 Å². The van der Waals surface area contributed by atoms with E-state index in [1.54, 1.807) is 27.7 Å². The lowest BCUT2D eigenvalue weighted by atomic mass is 10.1. The summed E-state index contributed by atoms with van der Waals surface area (Å²) in [6, 6.07) is 9.18. The molecule has 4 rings (SSSR count). The predicted molar refractivity (Wildman–Crippen MR) is 118 cm³/mol. The standard InChI is InChI=1S/C20H18BrClN6O2/c21-15-6-12(3-4-27-9-13(11-29)1-2-17(27)30)5-14(7-15)10-28-19-16(8-24-28)18(23)25-20(22)26-19/h1-2,5-9,29H,3-4,10-11H2,(H2,23,25,26). The summed E-state index contributed by atoms with van der Waals surface area (Å²) in [5, 5.41) is 14.4. The number of aromatic nitrogens is 5. The molecule has 0 aliphatic heterocycles. The van der Waals surface area contributed by atoms with E-state index in [1.807, 2.05) is 12.1 Å². The molecule has 0 radical (unpaired) electrons. The highest BCUT2D eigenvalue weighted by molar-refractivity contribution is 9.10. The van der Waals surface area contributed by atoms with Crippen LogP contribution in [0.25, 0.3) is 11.0 Å². The Bertz CT molecular complexity index is 1290. The second-order valence-electron chi connectivity index (χ2n) is 6.86. The van der Waals surface area contributed by atoms with E-state index in [2.05, 4.69) is 37.1 Å². The summed E-state index contributed by atoms with van der Waals surface area (Å²) in [7, 11) is 0. The molecule has 4 aromatic rings. The van der Waals surface area contributed by atoms with E-state index >= 15 is 0 Å². The molecule has 0 unspecified atom stereocenters. The highest BCUT2D eigenvalue weighted by atomic mass is 79.9. The number of nitrogen functional groups attached to an aromatic ring is 1. The second kappa shape index (κ2) is 8.55. The lowest BCUT2D eigenvalue weighted by Crippen LogP contribution is -2.20. The lowest BCUT2D eigenvalue weighted by Gasteiger charge is -2.10. The molecule has 8 nitrogen and oxygen atoms in total. The maximum atomic E-state index is 12.1. The summed E-state index contributed by atoms with van der Waals surface area (Å²) in [6.07, 6.45) is 3.97. The lowest BCUT2D eigenvalue weighted by molar-refractivity contribution is 0.280. The smallest absolute Gasteiger partial charge is 0.250 e. The van der Waals surface area contributed by atoms with Crippen LogP contribution in [0.15, 0.2) is 52.0 Å². The van der Waals surface area contributed by atoms with Crippen molar-refractivity contribution in [1.82, 2.24) is 24.3 Å². The van der Waals surface area contributed by atoms with Crippen molar-refractivity contribution in [1.29, 1.82) is 0 Å². The first-order chi connectivity index (χ1) is 14.4. The van der Waals surface area contributed by atoms with Crippen molar-refractivity contribution in [3.05, 3.63) is 79.5 Å². The Morgan fingerprint density at radius 1 is 1.13 bits per heavy atom. The molecule has 0 fully saturated rings. The van der Waals surface area contributed by atoms with Gasteiger partial charge >= 0.3 is 0 Å². The Morgan fingerprint density at radius 3 is 2.73 bits per heavy atom. The fourth-order valence-electron chi connectivity index (χ4n) is 3.29. The van der Waals surface area contributed by atoms with Gasteiger partial charge in [-0.3, -0.25) is 4.79 Å². The third kappa shape index (κ3) is 4.38. The number of nitrogens with zero attached hydrogens (tertiary/aromatic N) is 5. The number of benzene rings is 1. The quantitative estimate of drug-likeness (QED) is 0.403. The average molecular weight is 490 g/mol. The Balaban J connectivity index is 1.58. The highest BCUT2D eigenvalue weighted by Gasteiger charge is 2.11. The van der Waals surface area contributed by atoms with Gasteiger partial charge in [0.25, 0.3) is 5.56 Å². The predicted octanol–water partition coefficient (Wildman–Crippen LogP) is 2.77. The van der Waals surface area contributed by atoms with Crippen LogP contribution in [0, 0.1) is 0 Å². The van der Waals surface area contributed by atoms with Gasteiger partial charge in [0.15, 0.2) is 5.65 Å². The van der Waals surface area contributed by atoms with Crippen molar-refractivity contribution in [3.8, 4) is 0 Å². The summed E-state index contributed by atoms with van der Waals surface area (Å²) in [5.41, 5.74) is 9.14. The van der Waals surface area contributed by atoms with Crippen LogP contribution in [-0.2, 0) is 26.1 Å².